The number of ether oxygens (including phenoxy) is 1. The van der Waals surface area contributed by atoms with Crippen LogP contribution in [0.5, 0.6) is 0 Å². The van der Waals surface area contributed by atoms with Gasteiger partial charge in [-0.25, -0.2) is 13.6 Å². The minimum Gasteiger partial charge on any atom is -0.372 e. The van der Waals surface area contributed by atoms with Crippen LogP contribution in [0, 0.1) is 0 Å². The molecule has 0 bridgehead atoms. The van der Waals surface area contributed by atoms with Crippen LogP contribution in [0.3, 0.4) is 0 Å². The molecule has 1 amide bonds. The highest BCUT2D eigenvalue weighted by Gasteiger charge is 2.10. The van der Waals surface area contributed by atoms with Gasteiger partial charge < -0.3 is 10.1 Å². The van der Waals surface area contributed by atoms with Crippen molar-refractivity contribution in [2.45, 2.75) is 19.4 Å². The fourth-order valence-electron chi connectivity index (χ4n) is 0.736. The van der Waals surface area contributed by atoms with Gasteiger partial charge in [0.05, 0.1) is 5.75 Å². The Balaban J connectivity index is 3.61. The van der Waals surface area contributed by atoms with Crippen LogP contribution in [0.15, 0.2) is 0 Å². The molecule has 1 atom stereocenters. The van der Waals surface area contributed by atoms with Gasteiger partial charge in [0.25, 0.3) is 0 Å². The first-order chi connectivity index (χ1) is 6.37. The van der Waals surface area contributed by atoms with E-state index in [1.54, 1.807) is 6.92 Å². The van der Waals surface area contributed by atoms with Gasteiger partial charge >= 0.3 is 0 Å². The van der Waals surface area contributed by atoms with Crippen LogP contribution in [0.4, 0.5) is 0 Å². The summed E-state index contributed by atoms with van der Waals surface area (Å²) < 4.78 is 25.8. The zero-order valence-electron chi connectivity index (χ0n) is 8.32. The molecule has 0 aliphatic carbocycles. The normalized spacial score (nSPS) is 13.6. The Morgan fingerprint density at radius 3 is 2.57 bits per heavy atom. The van der Waals surface area contributed by atoms with E-state index in [0.29, 0.717) is 6.42 Å². The van der Waals surface area contributed by atoms with Crippen LogP contribution in [0.2, 0.25) is 0 Å². The number of methoxy groups -OCH3 is 1. The van der Waals surface area contributed by atoms with Crippen LogP contribution in [-0.4, -0.2) is 39.8 Å². The first kappa shape index (κ1) is 13.3. The second-order valence-corrected chi connectivity index (χ2v) is 4.62. The Morgan fingerprint density at radius 2 is 2.14 bits per heavy atom. The highest BCUT2D eigenvalue weighted by atomic mass is 32.2. The van der Waals surface area contributed by atoms with Crippen molar-refractivity contribution in [3.8, 4) is 0 Å². The highest BCUT2D eigenvalue weighted by Crippen LogP contribution is 1.88. The molecule has 0 aromatic carbocycles. The van der Waals surface area contributed by atoms with Crippen molar-refractivity contribution in [2.24, 2.45) is 5.14 Å². The molecule has 0 aliphatic heterocycles. The smallest absolute Gasteiger partial charge is 0.248 e. The predicted molar refractivity (Wildman–Crippen MR) is 52.1 cm³/mol. The number of carbonyl (C=O) groups is 1. The maximum atomic E-state index is 11.1. The minimum absolute atomic E-state index is 0.130. The summed E-state index contributed by atoms with van der Waals surface area (Å²) in [6, 6.07) is 0. The average molecular weight is 224 g/mol. The maximum absolute atomic E-state index is 11.1. The zero-order valence-corrected chi connectivity index (χ0v) is 9.13. The lowest BCUT2D eigenvalue weighted by molar-refractivity contribution is -0.130. The quantitative estimate of drug-likeness (QED) is 0.554. The Morgan fingerprint density at radius 1 is 1.57 bits per heavy atom. The molecule has 84 valence electrons. The van der Waals surface area contributed by atoms with Gasteiger partial charge in [-0.15, -0.1) is 0 Å². The molecular weight excluding hydrogens is 208 g/mol. The third-order valence-corrected chi connectivity index (χ3v) is 2.49. The topological polar surface area (TPSA) is 98.5 Å². The van der Waals surface area contributed by atoms with E-state index in [1.165, 1.54) is 7.11 Å². The van der Waals surface area contributed by atoms with Gasteiger partial charge in [-0.1, -0.05) is 0 Å². The third kappa shape index (κ3) is 6.81. The number of amides is 1. The molecular formula is C7H16N2O4S. The molecule has 0 spiro atoms. The Hall–Kier alpha value is -0.660. The van der Waals surface area contributed by atoms with E-state index in [1.807, 2.05) is 0 Å². The van der Waals surface area contributed by atoms with Gasteiger partial charge in [0.15, 0.2) is 0 Å². The van der Waals surface area contributed by atoms with Crippen LogP contribution in [0.1, 0.15) is 13.3 Å². The summed E-state index contributed by atoms with van der Waals surface area (Å²) in [7, 11) is -2.01. The van der Waals surface area contributed by atoms with E-state index in [9.17, 15) is 13.2 Å². The van der Waals surface area contributed by atoms with E-state index in [0.717, 1.165) is 0 Å². The molecule has 0 aromatic heterocycles. The average Bonchev–Trinajstić information content (AvgIpc) is 2.09. The Kier molecular flexibility index (Phi) is 5.66. The SMILES string of the molecule is COC(C)C(=O)NCCCS(N)(=O)=O. The van der Waals surface area contributed by atoms with E-state index >= 15 is 0 Å². The number of carbonyl (C=O) groups excluding carboxylic acids is 1. The van der Waals surface area contributed by atoms with Crippen LogP contribution >= 0.6 is 0 Å². The number of sulfonamides is 1. The molecule has 1 unspecified atom stereocenters. The summed E-state index contributed by atoms with van der Waals surface area (Å²) in [6.45, 7) is 1.89. The van der Waals surface area contributed by atoms with Crippen LogP contribution in [-0.2, 0) is 19.6 Å². The van der Waals surface area contributed by atoms with Crippen molar-refractivity contribution in [3.05, 3.63) is 0 Å². The molecule has 3 N–H and O–H groups in total. The molecule has 0 heterocycles. The van der Waals surface area contributed by atoms with Gasteiger partial charge in [-0.3, -0.25) is 4.79 Å². The lowest BCUT2D eigenvalue weighted by Gasteiger charge is -2.09. The number of hydrogen-bond donors (Lipinski definition) is 2. The second-order valence-electron chi connectivity index (χ2n) is 2.89. The summed E-state index contributed by atoms with van der Waals surface area (Å²) in [5.41, 5.74) is 0. The molecule has 6 nitrogen and oxygen atoms in total. The molecule has 0 saturated heterocycles. The number of nitrogens with two attached hydrogens (primary N) is 1. The number of nitrogens with one attached hydrogen (secondary N) is 1. The molecule has 0 radical (unpaired) electrons. The van der Waals surface area contributed by atoms with E-state index in [4.69, 9.17) is 9.88 Å². The summed E-state index contributed by atoms with van der Waals surface area (Å²) in [5, 5.41) is 7.30. The minimum atomic E-state index is -3.43. The van der Waals surface area contributed by atoms with Crippen molar-refractivity contribution in [1.82, 2.24) is 5.32 Å². The van der Waals surface area contributed by atoms with Crippen molar-refractivity contribution >= 4 is 15.9 Å². The van der Waals surface area contributed by atoms with Gasteiger partial charge in [0, 0.05) is 13.7 Å². The van der Waals surface area contributed by atoms with Crippen LogP contribution < -0.4 is 10.5 Å². The summed E-state index contributed by atoms with van der Waals surface area (Å²) in [4.78, 5) is 11.1. The highest BCUT2D eigenvalue weighted by molar-refractivity contribution is 7.89. The molecule has 14 heavy (non-hydrogen) atoms. The van der Waals surface area contributed by atoms with E-state index in [-0.39, 0.29) is 18.2 Å². The van der Waals surface area contributed by atoms with Gasteiger partial charge in [0.2, 0.25) is 15.9 Å². The molecule has 0 fully saturated rings. The van der Waals surface area contributed by atoms with E-state index in [2.05, 4.69) is 5.32 Å². The van der Waals surface area contributed by atoms with Crippen molar-refractivity contribution in [1.29, 1.82) is 0 Å². The van der Waals surface area contributed by atoms with Crippen molar-refractivity contribution in [2.75, 3.05) is 19.4 Å². The monoisotopic (exact) mass is 224 g/mol. The first-order valence-corrected chi connectivity index (χ1v) is 5.89. The summed E-state index contributed by atoms with van der Waals surface area (Å²) >= 11 is 0. The standard InChI is InChI=1S/C7H16N2O4S/c1-6(13-2)7(10)9-4-3-5-14(8,11)12/h6H,3-5H2,1-2H3,(H,9,10)(H2,8,11,12). The largest absolute Gasteiger partial charge is 0.372 e. The maximum Gasteiger partial charge on any atom is 0.248 e. The lowest BCUT2D eigenvalue weighted by atomic mass is 10.3. The second kappa shape index (κ2) is 5.94. The molecule has 0 rings (SSSR count). The molecule has 7 heteroatoms. The Labute approximate surface area is 83.9 Å². The van der Waals surface area contributed by atoms with Gasteiger partial charge in [0.1, 0.15) is 6.10 Å². The molecule has 0 saturated carbocycles. The third-order valence-electron chi connectivity index (χ3n) is 1.63. The molecule has 0 aromatic rings. The summed E-state index contributed by atoms with van der Waals surface area (Å²) in [6.07, 6.45) is -0.217. The fourth-order valence-corrected chi connectivity index (χ4v) is 1.28. The zero-order chi connectivity index (χ0) is 11.2. The van der Waals surface area contributed by atoms with Crippen molar-refractivity contribution in [3.63, 3.8) is 0 Å². The van der Waals surface area contributed by atoms with Crippen molar-refractivity contribution < 1.29 is 17.9 Å². The lowest BCUT2D eigenvalue weighted by Crippen LogP contribution is -2.35. The fraction of sp³-hybridized carbons (Fsp3) is 0.857. The number of primary sulfonamides is 1. The van der Waals surface area contributed by atoms with Gasteiger partial charge in [-0.05, 0) is 13.3 Å². The Bertz CT molecular complexity index is 275. The summed E-state index contributed by atoms with van der Waals surface area (Å²) in [5.74, 6) is -0.392. The van der Waals surface area contributed by atoms with Crippen LogP contribution in [0.25, 0.3) is 0 Å². The van der Waals surface area contributed by atoms with E-state index < -0.39 is 16.1 Å². The number of hydrogen-bond acceptors (Lipinski definition) is 4. The van der Waals surface area contributed by atoms with Gasteiger partial charge in [-0.2, -0.15) is 0 Å². The number of rotatable bonds is 6. The molecule has 0 aliphatic rings. The predicted octanol–water partition coefficient (Wildman–Crippen LogP) is -1.18. The first-order valence-electron chi connectivity index (χ1n) is 4.18.